The monoisotopic (exact) mass is 416 g/mol. The molecule has 29 heavy (non-hydrogen) atoms. The average Bonchev–Trinajstić information content (AvgIpc) is 3.23. The summed E-state index contributed by atoms with van der Waals surface area (Å²) in [4.78, 5) is 12.2. The largest absolute Gasteiger partial charge is 0.478 e. The first kappa shape index (κ1) is 19.2. The highest BCUT2D eigenvalue weighted by Crippen LogP contribution is 2.34. The van der Waals surface area contributed by atoms with Crippen molar-refractivity contribution in [2.24, 2.45) is 0 Å². The van der Waals surface area contributed by atoms with Gasteiger partial charge in [-0.25, -0.2) is 9.48 Å². The third-order valence-electron chi connectivity index (χ3n) is 4.58. The van der Waals surface area contributed by atoms with Gasteiger partial charge in [0.2, 0.25) is 0 Å². The molecule has 4 rings (SSSR count). The first-order valence-corrected chi connectivity index (χ1v) is 9.51. The Kier molecular flexibility index (Phi) is 4.66. The number of hydrogen-bond donors (Lipinski definition) is 1. The number of carbonyl (C=O) groups is 1. The maximum atomic E-state index is 13.0. The molecule has 0 saturated heterocycles. The zero-order chi connectivity index (χ0) is 20.8. The van der Waals surface area contributed by atoms with Crippen molar-refractivity contribution in [1.82, 2.24) is 9.78 Å². The smallest absolute Gasteiger partial charge is 0.416 e. The van der Waals surface area contributed by atoms with E-state index in [0.717, 1.165) is 26.7 Å². The molecule has 0 bridgehead atoms. The van der Waals surface area contributed by atoms with Crippen LogP contribution in [0.25, 0.3) is 15.8 Å². The van der Waals surface area contributed by atoms with Gasteiger partial charge in [0, 0.05) is 17.5 Å². The van der Waals surface area contributed by atoms with Gasteiger partial charge < -0.3 is 5.11 Å². The van der Waals surface area contributed by atoms with Gasteiger partial charge in [-0.2, -0.15) is 18.3 Å². The molecule has 2 aromatic heterocycles. The van der Waals surface area contributed by atoms with Crippen LogP contribution in [0, 0.1) is 6.92 Å². The van der Waals surface area contributed by atoms with E-state index in [-0.39, 0.29) is 5.56 Å². The molecule has 0 aliphatic heterocycles. The van der Waals surface area contributed by atoms with Gasteiger partial charge in [-0.1, -0.05) is 30.3 Å². The van der Waals surface area contributed by atoms with Crippen LogP contribution >= 0.6 is 11.3 Å². The second-order valence-corrected chi connectivity index (χ2v) is 7.80. The zero-order valence-corrected chi connectivity index (χ0v) is 16.0. The lowest BCUT2D eigenvalue weighted by Gasteiger charge is -2.08. The molecular formula is C21H15F3N2O2S. The number of rotatable bonds is 4. The number of benzene rings is 2. The third kappa shape index (κ3) is 3.75. The molecule has 0 atom stereocenters. The van der Waals surface area contributed by atoms with E-state index in [2.05, 4.69) is 5.10 Å². The third-order valence-corrected chi connectivity index (χ3v) is 5.76. The van der Waals surface area contributed by atoms with Crippen molar-refractivity contribution >= 4 is 27.4 Å². The fourth-order valence-corrected chi connectivity index (χ4v) is 4.42. The molecule has 8 heteroatoms. The quantitative estimate of drug-likeness (QED) is 0.464. The highest BCUT2D eigenvalue weighted by molar-refractivity contribution is 7.19. The van der Waals surface area contributed by atoms with E-state index in [9.17, 15) is 23.1 Å². The molecule has 2 heterocycles. The molecule has 0 aliphatic rings. The number of fused-ring (bicyclic) bond motifs is 1. The highest BCUT2D eigenvalue weighted by Gasteiger charge is 2.30. The Labute approximate surface area is 167 Å². The molecular weight excluding hydrogens is 401 g/mol. The number of nitrogens with zero attached hydrogens (tertiary/aromatic N) is 2. The lowest BCUT2D eigenvalue weighted by Crippen LogP contribution is -2.05. The van der Waals surface area contributed by atoms with Gasteiger partial charge in [0.15, 0.2) is 0 Å². The second-order valence-electron chi connectivity index (χ2n) is 6.66. The van der Waals surface area contributed by atoms with Crippen molar-refractivity contribution in [3.05, 3.63) is 82.0 Å². The van der Waals surface area contributed by atoms with E-state index in [1.807, 2.05) is 24.3 Å². The van der Waals surface area contributed by atoms with E-state index < -0.39 is 17.7 Å². The zero-order valence-electron chi connectivity index (χ0n) is 15.2. The molecule has 0 radical (unpaired) electrons. The van der Waals surface area contributed by atoms with Crippen molar-refractivity contribution in [3.8, 4) is 5.69 Å². The summed E-state index contributed by atoms with van der Waals surface area (Å²) in [5.74, 6) is -1.04. The lowest BCUT2D eigenvalue weighted by atomic mass is 10.1. The fraction of sp³-hybridized carbons (Fsp3) is 0.143. The van der Waals surface area contributed by atoms with Gasteiger partial charge in [-0.15, -0.1) is 11.3 Å². The minimum absolute atomic E-state index is 0.128. The predicted octanol–water partition coefficient (Wildman–Crippen LogP) is 5.70. The van der Waals surface area contributed by atoms with Crippen molar-refractivity contribution in [3.63, 3.8) is 0 Å². The van der Waals surface area contributed by atoms with Crippen LogP contribution in [0.3, 0.4) is 0 Å². The summed E-state index contributed by atoms with van der Waals surface area (Å²) in [6.45, 7) is 1.63. The number of halogens is 3. The number of alkyl halides is 3. The van der Waals surface area contributed by atoms with E-state index in [1.165, 1.54) is 34.3 Å². The molecule has 4 aromatic rings. The maximum absolute atomic E-state index is 13.0. The van der Waals surface area contributed by atoms with E-state index in [0.29, 0.717) is 17.7 Å². The van der Waals surface area contributed by atoms with E-state index in [1.54, 1.807) is 13.0 Å². The van der Waals surface area contributed by atoms with Gasteiger partial charge in [0.05, 0.1) is 21.6 Å². The summed E-state index contributed by atoms with van der Waals surface area (Å²) in [5.41, 5.74) is 1.19. The summed E-state index contributed by atoms with van der Waals surface area (Å²) in [7, 11) is 0. The van der Waals surface area contributed by atoms with Crippen LogP contribution in [0.5, 0.6) is 0 Å². The standard InChI is InChI=1S/C21H15F3N2O2S/c1-12-17(20(27)28)11-26(25-12)18-7-3-5-14-10-16(29-19(14)18)9-13-4-2-6-15(8-13)21(22,23)24/h2-8,10-11H,9H2,1H3,(H,27,28). The molecule has 2 aromatic carbocycles. The molecule has 0 spiro atoms. The van der Waals surface area contributed by atoms with Crippen LogP contribution in [0.15, 0.2) is 54.7 Å². The van der Waals surface area contributed by atoms with Crippen molar-refractivity contribution < 1.29 is 23.1 Å². The van der Waals surface area contributed by atoms with Gasteiger partial charge in [-0.05, 0) is 36.1 Å². The lowest BCUT2D eigenvalue weighted by molar-refractivity contribution is -0.137. The van der Waals surface area contributed by atoms with Crippen molar-refractivity contribution in [1.29, 1.82) is 0 Å². The van der Waals surface area contributed by atoms with Crippen LogP contribution in [-0.2, 0) is 12.6 Å². The summed E-state index contributed by atoms with van der Waals surface area (Å²) in [6.07, 6.45) is -2.52. The molecule has 0 unspecified atom stereocenters. The van der Waals surface area contributed by atoms with Gasteiger partial charge in [-0.3, -0.25) is 0 Å². The normalized spacial score (nSPS) is 11.9. The van der Waals surface area contributed by atoms with Crippen molar-refractivity contribution in [2.45, 2.75) is 19.5 Å². The van der Waals surface area contributed by atoms with Crippen LogP contribution in [0.4, 0.5) is 13.2 Å². The molecule has 0 saturated carbocycles. The maximum Gasteiger partial charge on any atom is 0.416 e. The Balaban J connectivity index is 1.72. The summed E-state index contributed by atoms with van der Waals surface area (Å²) in [6, 6.07) is 12.9. The minimum Gasteiger partial charge on any atom is -0.478 e. The summed E-state index contributed by atoms with van der Waals surface area (Å²) in [5, 5.41) is 14.5. The predicted molar refractivity (Wildman–Crippen MR) is 105 cm³/mol. The van der Waals surface area contributed by atoms with E-state index in [4.69, 9.17) is 0 Å². The number of aromatic nitrogens is 2. The first-order valence-electron chi connectivity index (χ1n) is 8.70. The molecule has 0 amide bonds. The highest BCUT2D eigenvalue weighted by atomic mass is 32.1. The number of aryl methyl sites for hydroxylation is 1. The number of aromatic carboxylic acids is 1. The van der Waals surface area contributed by atoms with Gasteiger partial charge in [0.25, 0.3) is 0 Å². The average molecular weight is 416 g/mol. The molecule has 4 nitrogen and oxygen atoms in total. The fourth-order valence-electron chi connectivity index (χ4n) is 3.22. The molecule has 1 N–H and O–H groups in total. The SMILES string of the molecule is Cc1nn(-c2cccc3cc(Cc4cccc(C(F)(F)F)c4)sc23)cc1C(=O)O. The molecule has 0 aliphatic carbocycles. The van der Waals surface area contributed by atoms with Crippen molar-refractivity contribution in [2.75, 3.05) is 0 Å². The Hall–Kier alpha value is -3.13. The van der Waals surface area contributed by atoms with E-state index >= 15 is 0 Å². The van der Waals surface area contributed by atoms with Crippen LogP contribution in [0.1, 0.15) is 32.1 Å². The summed E-state index contributed by atoms with van der Waals surface area (Å²) >= 11 is 1.46. The number of carboxylic acids is 1. The second kappa shape index (κ2) is 7.04. The number of thiophene rings is 1. The Morgan fingerprint density at radius 3 is 2.62 bits per heavy atom. The summed E-state index contributed by atoms with van der Waals surface area (Å²) < 4.78 is 41.3. The molecule has 148 valence electrons. The number of hydrogen-bond acceptors (Lipinski definition) is 3. The van der Waals surface area contributed by atoms with Gasteiger partial charge >= 0.3 is 12.1 Å². The number of carboxylic acid groups (broad SMARTS) is 1. The van der Waals surface area contributed by atoms with Crippen LogP contribution in [-0.4, -0.2) is 20.9 Å². The Bertz CT molecular complexity index is 1220. The van der Waals surface area contributed by atoms with Crippen LogP contribution < -0.4 is 0 Å². The van der Waals surface area contributed by atoms with Gasteiger partial charge in [0.1, 0.15) is 5.56 Å². The Morgan fingerprint density at radius 2 is 1.93 bits per heavy atom. The topological polar surface area (TPSA) is 55.1 Å². The Morgan fingerprint density at radius 1 is 1.17 bits per heavy atom. The molecule has 0 fully saturated rings. The first-order chi connectivity index (χ1) is 13.7. The van der Waals surface area contributed by atoms with Crippen LogP contribution in [0.2, 0.25) is 0 Å². The minimum atomic E-state index is -4.37.